The average molecular weight is 919 g/mol. The number of hydrogen-bond donors (Lipinski definition) is 0. The summed E-state index contributed by atoms with van der Waals surface area (Å²) in [5.74, 6) is 0. The van der Waals surface area contributed by atoms with Gasteiger partial charge < -0.3 is 23.4 Å². The minimum atomic E-state index is -2.21. The molecule has 0 amide bonds. The number of aryl methyl sites for hydroxylation is 1. The summed E-state index contributed by atoms with van der Waals surface area (Å²) in [6.07, 6.45) is 3.86. The second kappa shape index (κ2) is 14.3. The molecule has 279 valence electrons. The molecule has 0 saturated carbocycles. The van der Waals surface area contributed by atoms with Gasteiger partial charge in [0, 0.05) is 80.8 Å². The van der Waals surface area contributed by atoms with Crippen LogP contribution in [0.15, 0.2) is 161 Å². The molecule has 0 fully saturated rings. The van der Waals surface area contributed by atoms with Gasteiger partial charge >= 0.3 is 0 Å². The number of hydrogen-bond acceptors (Lipinski definition) is 4. The number of nitrogens with zero attached hydrogens (tertiary/aromatic N) is 3. The first-order chi connectivity index (χ1) is 28.5. The summed E-state index contributed by atoms with van der Waals surface area (Å²) in [4.78, 5) is 9.36. The van der Waals surface area contributed by atoms with E-state index in [0.29, 0.717) is 16.9 Å². The Morgan fingerprint density at radius 1 is 0.579 bits per heavy atom. The molecule has 0 aliphatic rings. The van der Waals surface area contributed by atoms with Crippen molar-refractivity contribution in [3.63, 3.8) is 0 Å². The summed E-state index contributed by atoms with van der Waals surface area (Å²) in [7, 11) is 0. The molecule has 0 saturated heterocycles. The van der Waals surface area contributed by atoms with Gasteiger partial charge in [0.25, 0.3) is 0 Å². The SMILES string of the molecule is CC(C)(C)c1ccc(-c2[c-]cccc2)nc1.[2H]C([2H])([2H])c1ccc2c(c1)oc1c(-c3cc4c(cn3)c3ccccc3n4-c3ccc4c(c3)oc3ccccc34)[c-]ccc12.[Ir]. The van der Waals surface area contributed by atoms with Crippen molar-refractivity contribution in [2.45, 2.75) is 33.0 Å². The van der Waals surface area contributed by atoms with Gasteiger partial charge in [-0.25, -0.2) is 0 Å². The largest absolute Gasteiger partial charge is 0.501 e. The van der Waals surface area contributed by atoms with Crippen LogP contribution in [0.25, 0.3) is 93.9 Å². The second-order valence-corrected chi connectivity index (χ2v) is 15.1. The summed E-state index contributed by atoms with van der Waals surface area (Å²) in [6.45, 7) is 4.36. The van der Waals surface area contributed by atoms with Crippen molar-refractivity contribution in [2.24, 2.45) is 0 Å². The van der Waals surface area contributed by atoms with E-state index in [2.05, 4.69) is 97.1 Å². The van der Waals surface area contributed by atoms with Gasteiger partial charge in [-0.05, 0) is 65.1 Å². The Labute approximate surface area is 348 Å². The molecule has 5 nitrogen and oxygen atoms in total. The van der Waals surface area contributed by atoms with Crippen LogP contribution in [-0.4, -0.2) is 14.5 Å². The molecule has 6 aromatic carbocycles. The molecule has 5 aromatic heterocycles. The number of fused-ring (bicyclic) bond motifs is 9. The van der Waals surface area contributed by atoms with Crippen molar-refractivity contribution in [1.82, 2.24) is 14.5 Å². The molecule has 0 unspecified atom stereocenters. The van der Waals surface area contributed by atoms with Crippen LogP contribution in [0.3, 0.4) is 0 Å². The third-order valence-corrected chi connectivity index (χ3v) is 10.5. The number of aromatic nitrogens is 3. The Bertz CT molecular complexity index is 3360. The molecule has 0 spiro atoms. The quantitative estimate of drug-likeness (QED) is 0.166. The van der Waals surface area contributed by atoms with Crippen molar-refractivity contribution in [2.75, 3.05) is 0 Å². The van der Waals surface area contributed by atoms with Crippen LogP contribution in [0.5, 0.6) is 0 Å². The fraction of sp³-hybridized carbons (Fsp3) is 0.0980. The van der Waals surface area contributed by atoms with E-state index in [1.165, 1.54) is 5.56 Å². The van der Waals surface area contributed by atoms with E-state index in [0.717, 1.165) is 77.0 Å². The minimum Gasteiger partial charge on any atom is -0.501 e. The summed E-state index contributed by atoms with van der Waals surface area (Å²) in [5.41, 5.74) is 11.0. The predicted octanol–water partition coefficient (Wildman–Crippen LogP) is 13.6. The first-order valence-electron chi connectivity index (χ1n) is 20.1. The summed E-state index contributed by atoms with van der Waals surface area (Å²) >= 11 is 0. The van der Waals surface area contributed by atoms with Gasteiger partial charge in [0.05, 0.1) is 11.1 Å². The Hall–Kier alpha value is -6.33. The fourth-order valence-corrected chi connectivity index (χ4v) is 7.61. The molecule has 1 radical (unpaired) electrons. The van der Waals surface area contributed by atoms with Crippen molar-refractivity contribution >= 4 is 65.7 Å². The third kappa shape index (κ3) is 6.41. The fourth-order valence-electron chi connectivity index (χ4n) is 7.61. The van der Waals surface area contributed by atoms with Crippen LogP contribution in [0, 0.1) is 19.0 Å². The van der Waals surface area contributed by atoms with E-state index in [-0.39, 0.29) is 31.1 Å². The average Bonchev–Trinajstić information content (AvgIpc) is 3.92. The zero-order valence-corrected chi connectivity index (χ0v) is 33.8. The van der Waals surface area contributed by atoms with Crippen molar-refractivity contribution < 1.29 is 33.1 Å². The maximum Gasteiger partial charge on any atom is 0.137 e. The Balaban J connectivity index is 0.000000230. The molecule has 0 aliphatic carbocycles. The van der Waals surface area contributed by atoms with Crippen molar-refractivity contribution in [3.05, 3.63) is 175 Å². The second-order valence-electron chi connectivity index (χ2n) is 15.1. The van der Waals surface area contributed by atoms with E-state index >= 15 is 0 Å². The number of benzene rings is 6. The van der Waals surface area contributed by atoms with Gasteiger partial charge in [0.2, 0.25) is 0 Å². The summed E-state index contributed by atoms with van der Waals surface area (Å²) in [6, 6.07) is 52.3. The van der Waals surface area contributed by atoms with E-state index in [1.54, 1.807) is 12.1 Å². The van der Waals surface area contributed by atoms with Gasteiger partial charge in [-0.2, -0.15) is 0 Å². The molecular weight excluding hydrogens is 879 g/mol. The topological polar surface area (TPSA) is 57.0 Å². The monoisotopic (exact) mass is 919 g/mol. The van der Waals surface area contributed by atoms with E-state index in [9.17, 15) is 0 Å². The summed E-state index contributed by atoms with van der Waals surface area (Å²) < 4.78 is 38.2. The van der Waals surface area contributed by atoms with Crippen molar-refractivity contribution in [1.29, 1.82) is 0 Å². The van der Waals surface area contributed by atoms with E-state index in [4.69, 9.17) is 17.9 Å². The standard InChI is InChI=1S/C36H21N2O2.C15H16N.Ir/c1-21-13-15-26-27-9-6-10-28(36(27)40-34(26)17-21)30-19-32-29(20-37-30)23-7-2-4-11-31(23)38(32)22-14-16-25-24-8-3-5-12-33(24)39-35(25)18-22;1-15(2,3)13-9-10-14(16-11-13)12-7-5-4-6-8-12;/h2-9,11-20H,1H3;4-7,9-11H,1-3H3;/q2*-1;/i1D3;;. The van der Waals surface area contributed by atoms with Crippen LogP contribution in [0.2, 0.25) is 0 Å². The Morgan fingerprint density at radius 3 is 2.14 bits per heavy atom. The molecule has 6 heteroatoms. The maximum atomic E-state index is 7.81. The molecule has 11 rings (SSSR count). The normalized spacial score (nSPS) is 12.7. The molecule has 57 heavy (non-hydrogen) atoms. The zero-order chi connectivity index (χ0) is 40.5. The van der Waals surface area contributed by atoms with Gasteiger partial charge in [-0.15, -0.1) is 54.1 Å². The van der Waals surface area contributed by atoms with Gasteiger partial charge in [-0.3, -0.25) is 0 Å². The smallest absolute Gasteiger partial charge is 0.137 e. The Kier molecular flexibility index (Phi) is 8.25. The van der Waals surface area contributed by atoms with Gasteiger partial charge in [0.1, 0.15) is 16.7 Å². The van der Waals surface area contributed by atoms with Crippen LogP contribution < -0.4 is 0 Å². The maximum absolute atomic E-state index is 7.81. The third-order valence-electron chi connectivity index (χ3n) is 10.5. The molecule has 0 atom stereocenters. The van der Waals surface area contributed by atoms with Crippen LogP contribution in [0.1, 0.15) is 36.0 Å². The zero-order valence-electron chi connectivity index (χ0n) is 34.4. The molecule has 0 N–H and O–H groups in total. The van der Waals surface area contributed by atoms with Crippen LogP contribution >= 0.6 is 0 Å². The first-order valence-corrected chi connectivity index (χ1v) is 18.6. The van der Waals surface area contributed by atoms with Gasteiger partial charge in [0.15, 0.2) is 0 Å². The number of rotatable bonds is 3. The number of furan rings is 2. The first kappa shape index (κ1) is 32.9. The molecule has 0 aliphatic heterocycles. The number of pyridine rings is 2. The van der Waals surface area contributed by atoms with E-state index in [1.807, 2.05) is 85.2 Å². The molecule has 0 bridgehead atoms. The predicted molar refractivity (Wildman–Crippen MR) is 229 cm³/mol. The Morgan fingerprint density at radius 2 is 1.33 bits per heavy atom. The van der Waals surface area contributed by atoms with E-state index < -0.39 is 6.85 Å². The minimum absolute atomic E-state index is 0. The molecule has 11 aromatic rings. The van der Waals surface area contributed by atoms with Crippen LogP contribution in [0.4, 0.5) is 0 Å². The number of para-hydroxylation sites is 2. The van der Waals surface area contributed by atoms with Gasteiger partial charge in [-0.1, -0.05) is 98.5 Å². The summed E-state index contributed by atoms with van der Waals surface area (Å²) in [5, 5.41) is 6.05. The molecular formula is C51H37IrN3O2-2. The van der Waals surface area contributed by atoms with Crippen LogP contribution in [-0.2, 0) is 25.5 Å². The molecule has 5 heterocycles. The van der Waals surface area contributed by atoms with Crippen molar-refractivity contribution in [3.8, 4) is 28.2 Å².